The van der Waals surface area contributed by atoms with Crippen molar-refractivity contribution in [3.63, 3.8) is 0 Å². The molecule has 4 aliphatic rings. The molecule has 2 nitrogen and oxygen atoms in total. The van der Waals surface area contributed by atoms with Crippen LogP contribution in [0.15, 0.2) is 49.0 Å². The minimum Gasteiger partial charge on any atom is -0.322 e. The Balaban J connectivity index is 1.27. The lowest BCUT2D eigenvalue weighted by atomic mass is 9.50. The maximum atomic E-state index is 14.1. The van der Waals surface area contributed by atoms with Crippen molar-refractivity contribution in [3.05, 3.63) is 71.6 Å². The molecule has 0 unspecified atom stereocenters. The van der Waals surface area contributed by atoms with E-state index in [0.29, 0.717) is 11.3 Å². The van der Waals surface area contributed by atoms with Gasteiger partial charge in [-0.2, -0.15) is 0 Å². The molecule has 4 aliphatic carbocycles. The fourth-order valence-electron chi connectivity index (χ4n) is 6.15. The molecular weight excluding hydrogens is 373 g/mol. The number of benzene rings is 2. The van der Waals surface area contributed by atoms with Crippen molar-refractivity contribution in [3.8, 4) is 11.8 Å². The third-order valence-electron chi connectivity index (χ3n) is 7.13. The van der Waals surface area contributed by atoms with Crippen molar-refractivity contribution in [2.45, 2.75) is 38.5 Å². The van der Waals surface area contributed by atoms with Gasteiger partial charge in [0.15, 0.2) is 0 Å². The Bertz CT molecular complexity index is 1020. The van der Waals surface area contributed by atoms with E-state index in [1.807, 2.05) is 24.3 Å². The summed E-state index contributed by atoms with van der Waals surface area (Å²) in [7, 11) is 0. The zero-order valence-corrected chi connectivity index (χ0v) is 17.1. The third kappa shape index (κ3) is 3.67. The number of hydrogen-bond acceptors (Lipinski definition) is 1. The summed E-state index contributed by atoms with van der Waals surface area (Å²) < 4.78 is 14.1. The molecule has 1 N–H and O–H groups in total. The first-order valence-corrected chi connectivity index (χ1v) is 10.9. The number of carbonyl (C=O) groups is 1. The average molecular weight is 400 g/mol. The van der Waals surface area contributed by atoms with E-state index >= 15 is 0 Å². The molecule has 30 heavy (non-hydrogen) atoms. The van der Waals surface area contributed by atoms with Gasteiger partial charge in [-0.3, -0.25) is 4.79 Å². The van der Waals surface area contributed by atoms with Crippen LogP contribution in [0.3, 0.4) is 0 Å². The van der Waals surface area contributed by atoms with Crippen LogP contribution in [0, 0.1) is 40.8 Å². The number of amides is 1. The number of rotatable bonds is 3. The molecule has 1 amide bonds. The normalized spacial score (nSPS) is 28.5. The smallest absolute Gasteiger partial charge is 0.258 e. The van der Waals surface area contributed by atoms with Gasteiger partial charge in [-0.15, -0.1) is 0 Å². The Morgan fingerprint density at radius 2 is 1.67 bits per heavy atom. The Hall–Kier alpha value is -2.86. The number of nitrogens with one attached hydrogen (secondary N) is 1. The summed E-state index contributed by atoms with van der Waals surface area (Å²) in [5, 5.41) is 2.76. The van der Waals surface area contributed by atoms with Crippen molar-refractivity contribution in [1.82, 2.24) is 0 Å². The maximum absolute atomic E-state index is 14.1. The molecular formula is C27H26FNO. The number of halogens is 1. The predicted molar refractivity (Wildman–Crippen MR) is 118 cm³/mol. The highest BCUT2D eigenvalue weighted by atomic mass is 19.1. The zero-order valence-electron chi connectivity index (χ0n) is 17.1. The number of carbonyl (C=O) groups excluding carboxylic acids is 1. The fraction of sp³-hybridized carbons (Fsp3) is 0.370. The van der Waals surface area contributed by atoms with Crippen LogP contribution in [0.4, 0.5) is 10.1 Å². The molecule has 0 saturated heterocycles. The molecule has 0 atom stereocenters. The lowest BCUT2D eigenvalue weighted by Gasteiger charge is -2.54. The minimum absolute atomic E-state index is 0.0197. The summed E-state index contributed by atoms with van der Waals surface area (Å²) in [6.07, 6.45) is 9.64. The summed E-state index contributed by atoms with van der Waals surface area (Å²) >= 11 is 0. The van der Waals surface area contributed by atoms with Crippen LogP contribution in [0.1, 0.15) is 60.0 Å². The first-order valence-electron chi connectivity index (χ1n) is 10.9. The quantitative estimate of drug-likeness (QED) is 0.604. The summed E-state index contributed by atoms with van der Waals surface area (Å²) in [5.74, 6) is 8.72. The minimum atomic E-state index is -0.553. The molecule has 0 radical (unpaired) electrons. The molecule has 2 aromatic rings. The van der Waals surface area contributed by atoms with E-state index in [2.05, 4.69) is 23.7 Å². The van der Waals surface area contributed by atoms with E-state index in [1.54, 1.807) is 12.1 Å². The van der Waals surface area contributed by atoms with E-state index in [1.165, 1.54) is 50.7 Å². The molecule has 0 aromatic heterocycles. The van der Waals surface area contributed by atoms with Crippen molar-refractivity contribution in [2.75, 3.05) is 5.32 Å². The molecule has 0 spiro atoms. The van der Waals surface area contributed by atoms with E-state index in [-0.39, 0.29) is 11.0 Å². The second kappa shape index (κ2) is 7.43. The van der Waals surface area contributed by atoms with Crippen molar-refractivity contribution >= 4 is 17.7 Å². The third-order valence-corrected chi connectivity index (χ3v) is 7.13. The highest BCUT2D eigenvalue weighted by Gasteiger charge is 2.50. The highest BCUT2D eigenvalue weighted by Crippen LogP contribution is 2.59. The summed E-state index contributed by atoms with van der Waals surface area (Å²) in [4.78, 5) is 12.4. The largest absolute Gasteiger partial charge is 0.322 e. The molecule has 0 aliphatic heterocycles. The molecule has 2 aromatic carbocycles. The molecule has 3 heteroatoms. The predicted octanol–water partition coefficient (Wildman–Crippen LogP) is 6.29. The Kier molecular flexibility index (Phi) is 4.74. The number of hydrogen-bond donors (Lipinski definition) is 1. The maximum Gasteiger partial charge on any atom is 0.258 e. The van der Waals surface area contributed by atoms with Crippen molar-refractivity contribution in [1.29, 1.82) is 0 Å². The van der Waals surface area contributed by atoms with Crippen LogP contribution >= 0.6 is 0 Å². The Morgan fingerprint density at radius 1 is 1.03 bits per heavy atom. The van der Waals surface area contributed by atoms with Crippen LogP contribution in [-0.4, -0.2) is 5.91 Å². The van der Waals surface area contributed by atoms with Crippen LogP contribution in [0.5, 0.6) is 0 Å². The zero-order chi connectivity index (χ0) is 20.7. The van der Waals surface area contributed by atoms with Gasteiger partial charge < -0.3 is 5.32 Å². The summed E-state index contributed by atoms with van der Waals surface area (Å²) in [6.45, 7) is 3.61. The van der Waals surface area contributed by atoms with Gasteiger partial charge in [0.1, 0.15) is 5.82 Å². The van der Waals surface area contributed by atoms with Gasteiger partial charge >= 0.3 is 0 Å². The van der Waals surface area contributed by atoms with Gasteiger partial charge in [-0.25, -0.2) is 4.39 Å². The van der Waals surface area contributed by atoms with Crippen LogP contribution < -0.4 is 5.32 Å². The van der Waals surface area contributed by atoms with E-state index in [4.69, 9.17) is 0 Å². The molecule has 0 heterocycles. The summed E-state index contributed by atoms with van der Waals surface area (Å²) in [5.41, 5.74) is 2.49. The SMILES string of the molecule is C=Cc1ccc(C(=O)Nc2ccc(C#CC34CC5CC(CC(C5)C3)C4)cc2)c(F)c1. The van der Waals surface area contributed by atoms with Gasteiger partial charge in [0.2, 0.25) is 0 Å². The molecule has 6 rings (SSSR count). The second-order valence-corrected chi connectivity index (χ2v) is 9.42. The van der Waals surface area contributed by atoms with Crippen LogP contribution in [-0.2, 0) is 0 Å². The second-order valence-electron chi connectivity index (χ2n) is 9.42. The Labute approximate surface area is 177 Å². The van der Waals surface area contributed by atoms with E-state index < -0.39 is 11.7 Å². The van der Waals surface area contributed by atoms with Gasteiger partial charge in [0.05, 0.1) is 5.56 Å². The van der Waals surface area contributed by atoms with Crippen molar-refractivity contribution in [2.24, 2.45) is 23.2 Å². The first kappa shape index (κ1) is 19.1. The van der Waals surface area contributed by atoms with Crippen LogP contribution in [0.25, 0.3) is 6.08 Å². The highest BCUT2D eigenvalue weighted by molar-refractivity contribution is 6.04. The molecule has 152 valence electrons. The van der Waals surface area contributed by atoms with Gasteiger partial charge in [-0.05, 0) is 98.2 Å². The van der Waals surface area contributed by atoms with E-state index in [0.717, 1.165) is 23.3 Å². The van der Waals surface area contributed by atoms with Crippen LogP contribution in [0.2, 0.25) is 0 Å². The average Bonchev–Trinajstić information content (AvgIpc) is 2.72. The number of anilines is 1. The monoisotopic (exact) mass is 399 g/mol. The van der Waals surface area contributed by atoms with Gasteiger partial charge in [-0.1, -0.05) is 30.6 Å². The lowest BCUT2D eigenvalue weighted by molar-refractivity contribution is -0.0181. The Morgan fingerprint density at radius 3 is 2.23 bits per heavy atom. The van der Waals surface area contributed by atoms with E-state index in [9.17, 15) is 9.18 Å². The standard InChI is InChI=1S/C27H26FNO/c1-2-18-5-8-24(25(28)14-18)26(30)29-23-6-3-19(4-7-23)9-10-27-15-20-11-21(16-27)13-22(12-20)17-27/h2-8,14,20-22H,1,11-13,15-17H2,(H,29,30). The van der Waals surface area contributed by atoms with Gasteiger partial charge in [0.25, 0.3) is 5.91 Å². The summed E-state index contributed by atoms with van der Waals surface area (Å²) in [6, 6.07) is 12.0. The first-order chi connectivity index (χ1) is 14.5. The van der Waals surface area contributed by atoms with Crippen molar-refractivity contribution < 1.29 is 9.18 Å². The fourth-order valence-corrected chi connectivity index (χ4v) is 6.15. The topological polar surface area (TPSA) is 29.1 Å². The lowest BCUT2D eigenvalue weighted by Crippen LogP contribution is -2.45. The van der Waals surface area contributed by atoms with Gasteiger partial charge in [0, 0.05) is 16.7 Å². The molecule has 4 saturated carbocycles. The molecule has 4 fully saturated rings. The molecule has 4 bridgehead atoms.